The van der Waals surface area contributed by atoms with Crippen LogP contribution in [0.1, 0.15) is 5.56 Å². The summed E-state index contributed by atoms with van der Waals surface area (Å²) in [5.41, 5.74) is 1.89. The number of fused-ring (bicyclic) bond motifs is 1. The van der Waals surface area contributed by atoms with Crippen molar-refractivity contribution in [3.63, 3.8) is 0 Å². The monoisotopic (exact) mass is 523 g/mol. The summed E-state index contributed by atoms with van der Waals surface area (Å²) in [7, 11) is 1.95. The van der Waals surface area contributed by atoms with Crippen LogP contribution in [0.4, 0.5) is 20.3 Å². The number of aromatic nitrogens is 2. The molecule has 2 heterocycles. The lowest BCUT2D eigenvalue weighted by atomic mass is 10.1. The third kappa shape index (κ3) is 5.98. The maximum atomic E-state index is 13.9. The Labute approximate surface area is 220 Å². The number of para-hydroxylation sites is 1. The molecule has 3 aromatic carbocycles. The molecule has 6 nitrogen and oxygen atoms in total. The lowest BCUT2D eigenvalue weighted by molar-refractivity contribution is 0.111. The molecule has 0 amide bonds. The molecular formula is C28H28ClF2N5O. The van der Waals surface area contributed by atoms with E-state index in [0.717, 1.165) is 60.9 Å². The van der Waals surface area contributed by atoms with E-state index in [2.05, 4.69) is 19.8 Å². The van der Waals surface area contributed by atoms with Gasteiger partial charge in [0.1, 0.15) is 29.8 Å². The molecule has 0 unspecified atom stereocenters. The van der Waals surface area contributed by atoms with Crippen LogP contribution < -0.4 is 9.64 Å². The van der Waals surface area contributed by atoms with E-state index in [0.29, 0.717) is 13.2 Å². The Balaban J connectivity index is 1.11. The smallest absolute Gasteiger partial charge is 0.224 e. The molecule has 1 saturated heterocycles. The van der Waals surface area contributed by atoms with E-state index in [9.17, 15) is 8.78 Å². The third-order valence-corrected chi connectivity index (χ3v) is 6.85. The molecule has 0 N–H and O–H groups in total. The number of rotatable bonds is 8. The van der Waals surface area contributed by atoms with Crippen LogP contribution >= 0.6 is 11.6 Å². The van der Waals surface area contributed by atoms with E-state index in [1.165, 1.54) is 18.2 Å². The van der Waals surface area contributed by atoms with Gasteiger partial charge in [-0.1, -0.05) is 18.2 Å². The fraction of sp³-hybridized carbons (Fsp3) is 0.286. The highest BCUT2D eigenvalue weighted by Gasteiger charge is 2.20. The SMILES string of the molecule is CN(c1ccc(OCCN2CCN(Cc3c(F)cccc3F)CC2)cc1)c1nc(Cl)nc2ccccc12. The molecule has 192 valence electrons. The highest BCUT2D eigenvalue weighted by molar-refractivity contribution is 6.28. The Bertz CT molecular complexity index is 1340. The molecular weight excluding hydrogens is 496 g/mol. The van der Waals surface area contributed by atoms with E-state index < -0.39 is 11.6 Å². The van der Waals surface area contributed by atoms with E-state index in [1.807, 2.05) is 60.5 Å². The van der Waals surface area contributed by atoms with Crippen LogP contribution in [-0.4, -0.2) is 66.1 Å². The minimum absolute atomic E-state index is 0.143. The molecule has 0 spiro atoms. The summed E-state index contributed by atoms with van der Waals surface area (Å²) < 4.78 is 33.8. The fourth-order valence-corrected chi connectivity index (χ4v) is 4.72. The zero-order valence-corrected chi connectivity index (χ0v) is 21.3. The van der Waals surface area contributed by atoms with Gasteiger partial charge in [-0.25, -0.2) is 13.8 Å². The van der Waals surface area contributed by atoms with Crippen LogP contribution in [0, 0.1) is 11.6 Å². The molecule has 5 rings (SSSR count). The molecule has 37 heavy (non-hydrogen) atoms. The molecule has 0 atom stereocenters. The summed E-state index contributed by atoms with van der Waals surface area (Å²) in [4.78, 5) is 15.1. The number of piperazine rings is 1. The van der Waals surface area contributed by atoms with Crippen LogP contribution in [0.15, 0.2) is 66.7 Å². The van der Waals surface area contributed by atoms with Gasteiger partial charge in [-0.05, 0) is 60.1 Å². The number of ether oxygens (including phenoxy) is 1. The summed E-state index contributed by atoms with van der Waals surface area (Å²) >= 11 is 6.15. The first kappa shape index (κ1) is 25.3. The number of hydrogen-bond donors (Lipinski definition) is 0. The topological polar surface area (TPSA) is 44.7 Å². The minimum Gasteiger partial charge on any atom is -0.492 e. The van der Waals surface area contributed by atoms with Crippen LogP contribution in [-0.2, 0) is 6.54 Å². The van der Waals surface area contributed by atoms with Crippen molar-refractivity contribution in [2.24, 2.45) is 0 Å². The minimum atomic E-state index is -0.484. The Kier molecular flexibility index (Phi) is 7.79. The maximum Gasteiger partial charge on any atom is 0.224 e. The van der Waals surface area contributed by atoms with Gasteiger partial charge in [-0.2, -0.15) is 4.98 Å². The van der Waals surface area contributed by atoms with Crippen LogP contribution in [0.3, 0.4) is 0 Å². The number of nitrogens with zero attached hydrogens (tertiary/aromatic N) is 5. The summed E-state index contributed by atoms with van der Waals surface area (Å²) in [6.07, 6.45) is 0. The van der Waals surface area contributed by atoms with Gasteiger partial charge in [0.15, 0.2) is 0 Å². The van der Waals surface area contributed by atoms with Crippen molar-refractivity contribution >= 4 is 34.0 Å². The van der Waals surface area contributed by atoms with Crippen LogP contribution in [0.5, 0.6) is 5.75 Å². The maximum absolute atomic E-state index is 13.9. The Morgan fingerprint density at radius 3 is 2.27 bits per heavy atom. The second kappa shape index (κ2) is 11.4. The molecule has 0 aliphatic carbocycles. The molecule has 0 saturated carbocycles. The van der Waals surface area contributed by atoms with Crippen LogP contribution in [0.25, 0.3) is 10.9 Å². The second-order valence-electron chi connectivity index (χ2n) is 9.05. The molecule has 1 aliphatic heterocycles. The standard InChI is InChI=1S/C28H28ClF2N5O/c1-34(27-22-5-2-3-8-26(22)32-28(29)33-27)20-9-11-21(12-10-20)37-18-17-35-13-15-36(16-14-35)19-23-24(30)6-4-7-25(23)31/h2-12H,13-19H2,1H3. The Hall–Kier alpha value is -3.33. The zero-order valence-electron chi connectivity index (χ0n) is 20.6. The van der Waals surface area contributed by atoms with Crippen molar-refractivity contribution in [2.45, 2.75) is 6.54 Å². The molecule has 1 fully saturated rings. The number of hydrogen-bond acceptors (Lipinski definition) is 6. The van der Waals surface area contributed by atoms with E-state index in [-0.39, 0.29) is 10.8 Å². The average Bonchev–Trinajstić information content (AvgIpc) is 2.91. The largest absolute Gasteiger partial charge is 0.492 e. The lowest BCUT2D eigenvalue weighted by Gasteiger charge is -2.34. The van der Waals surface area contributed by atoms with Crippen molar-refractivity contribution < 1.29 is 13.5 Å². The predicted octanol–water partition coefficient (Wildman–Crippen LogP) is 5.53. The zero-order chi connectivity index (χ0) is 25.8. The number of halogens is 3. The molecule has 9 heteroatoms. The first-order valence-electron chi connectivity index (χ1n) is 12.2. The van der Waals surface area contributed by atoms with Gasteiger partial charge in [0.2, 0.25) is 5.28 Å². The van der Waals surface area contributed by atoms with Gasteiger partial charge in [0.25, 0.3) is 0 Å². The van der Waals surface area contributed by atoms with Gasteiger partial charge < -0.3 is 9.64 Å². The van der Waals surface area contributed by atoms with Crippen molar-refractivity contribution in [3.8, 4) is 5.75 Å². The summed E-state index contributed by atoms with van der Waals surface area (Å²) in [6.45, 7) is 4.82. The molecule has 1 aromatic heterocycles. The van der Waals surface area contributed by atoms with Gasteiger partial charge in [-0.3, -0.25) is 9.80 Å². The summed E-state index contributed by atoms with van der Waals surface area (Å²) in [5.74, 6) is 0.557. The lowest BCUT2D eigenvalue weighted by Crippen LogP contribution is -2.47. The molecule has 4 aromatic rings. The summed E-state index contributed by atoms with van der Waals surface area (Å²) in [5, 5.41) is 1.13. The average molecular weight is 524 g/mol. The first-order valence-corrected chi connectivity index (χ1v) is 12.6. The summed E-state index contributed by atoms with van der Waals surface area (Å²) in [6, 6.07) is 19.7. The van der Waals surface area contributed by atoms with Crippen molar-refractivity contribution in [3.05, 3.63) is 89.2 Å². The molecule has 0 bridgehead atoms. The van der Waals surface area contributed by atoms with Crippen molar-refractivity contribution in [1.29, 1.82) is 0 Å². The first-order chi connectivity index (χ1) is 18.0. The van der Waals surface area contributed by atoms with Gasteiger partial charge in [0, 0.05) is 63.0 Å². The molecule has 1 aliphatic rings. The number of anilines is 2. The normalized spacial score (nSPS) is 14.7. The van der Waals surface area contributed by atoms with Crippen LogP contribution in [0.2, 0.25) is 5.28 Å². The van der Waals surface area contributed by atoms with Crippen molar-refractivity contribution in [2.75, 3.05) is 51.3 Å². The van der Waals surface area contributed by atoms with Gasteiger partial charge in [-0.15, -0.1) is 0 Å². The van der Waals surface area contributed by atoms with E-state index >= 15 is 0 Å². The van der Waals surface area contributed by atoms with E-state index in [1.54, 1.807) is 0 Å². The third-order valence-electron chi connectivity index (χ3n) is 6.68. The second-order valence-corrected chi connectivity index (χ2v) is 9.39. The number of benzene rings is 3. The Morgan fingerprint density at radius 1 is 0.865 bits per heavy atom. The fourth-order valence-electron chi connectivity index (χ4n) is 4.55. The quantitative estimate of drug-likeness (QED) is 0.283. The Morgan fingerprint density at radius 2 is 1.54 bits per heavy atom. The molecule has 0 radical (unpaired) electrons. The predicted molar refractivity (Wildman–Crippen MR) is 143 cm³/mol. The van der Waals surface area contributed by atoms with E-state index in [4.69, 9.17) is 16.3 Å². The highest BCUT2D eigenvalue weighted by atomic mass is 35.5. The van der Waals surface area contributed by atoms with Gasteiger partial charge >= 0.3 is 0 Å². The highest BCUT2D eigenvalue weighted by Crippen LogP contribution is 2.30. The van der Waals surface area contributed by atoms with Crippen molar-refractivity contribution in [1.82, 2.24) is 19.8 Å². The van der Waals surface area contributed by atoms with Gasteiger partial charge in [0.05, 0.1) is 5.52 Å².